The first kappa shape index (κ1) is 13.3. The molecule has 0 heterocycles. The van der Waals surface area contributed by atoms with Gasteiger partial charge in [0.1, 0.15) is 0 Å². The van der Waals surface area contributed by atoms with Crippen molar-refractivity contribution in [3.8, 4) is 0 Å². The minimum Gasteiger partial charge on any atom is -0.304 e. The number of thiol groups is 1. The maximum absolute atomic E-state index is 4.22. The van der Waals surface area contributed by atoms with Gasteiger partial charge in [-0.15, -0.1) is 0 Å². The number of hydrogen-bond acceptors (Lipinski definition) is 2. The zero-order valence-corrected chi connectivity index (χ0v) is 10.2. The van der Waals surface area contributed by atoms with Crippen molar-refractivity contribution in [2.75, 3.05) is 25.4 Å². The summed E-state index contributed by atoms with van der Waals surface area (Å²) in [5.41, 5.74) is 0. The fourth-order valence-electron chi connectivity index (χ4n) is 1.46. The van der Waals surface area contributed by atoms with Crippen LogP contribution in [-0.2, 0) is 0 Å². The summed E-state index contributed by atoms with van der Waals surface area (Å²) in [6, 6.07) is 0. The van der Waals surface area contributed by atoms with Gasteiger partial charge in [0.25, 0.3) is 0 Å². The van der Waals surface area contributed by atoms with Gasteiger partial charge in [-0.05, 0) is 44.6 Å². The summed E-state index contributed by atoms with van der Waals surface area (Å²) >= 11 is 4.22. The normalized spacial score (nSPS) is 11.1. The van der Waals surface area contributed by atoms with Gasteiger partial charge in [-0.3, -0.25) is 0 Å². The first-order valence-corrected chi connectivity index (χ1v) is 6.31. The number of nitrogens with zero attached hydrogens (tertiary/aromatic N) is 1. The predicted molar refractivity (Wildman–Crippen MR) is 64.7 cm³/mol. The summed E-state index contributed by atoms with van der Waals surface area (Å²) in [6.45, 7) is 8.28. The van der Waals surface area contributed by atoms with Gasteiger partial charge >= 0.3 is 0 Å². The smallest absolute Gasteiger partial charge is 0.00186 e. The summed E-state index contributed by atoms with van der Waals surface area (Å²) in [7, 11) is 0. The molecule has 0 atom stereocenters. The van der Waals surface area contributed by atoms with Gasteiger partial charge in [-0.25, -0.2) is 0 Å². The van der Waals surface area contributed by atoms with E-state index >= 15 is 0 Å². The molecule has 2 heteroatoms. The molecule has 1 nitrogen and oxygen atoms in total. The van der Waals surface area contributed by atoms with Crippen molar-refractivity contribution < 1.29 is 0 Å². The third-order valence-electron chi connectivity index (χ3n) is 2.41. The summed E-state index contributed by atoms with van der Waals surface area (Å²) < 4.78 is 0. The van der Waals surface area contributed by atoms with E-state index < -0.39 is 0 Å². The maximum atomic E-state index is 4.22. The molecule has 0 saturated heterocycles. The second-order valence-electron chi connectivity index (χ2n) is 3.57. The van der Waals surface area contributed by atoms with E-state index in [2.05, 4.69) is 31.4 Å². The van der Waals surface area contributed by atoms with Crippen LogP contribution < -0.4 is 0 Å². The van der Waals surface area contributed by atoms with Crippen LogP contribution in [0.4, 0.5) is 0 Å². The van der Waals surface area contributed by atoms with Gasteiger partial charge in [0, 0.05) is 0 Å². The Bertz CT molecular complexity index is 86.1. The lowest BCUT2D eigenvalue weighted by Crippen LogP contribution is -2.25. The van der Waals surface area contributed by atoms with E-state index in [4.69, 9.17) is 0 Å². The predicted octanol–water partition coefficient (Wildman–Crippen LogP) is 3.21. The number of hydrogen-bond donors (Lipinski definition) is 1. The first-order valence-electron chi connectivity index (χ1n) is 5.68. The van der Waals surface area contributed by atoms with E-state index in [9.17, 15) is 0 Å². The highest BCUT2D eigenvalue weighted by atomic mass is 32.1. The Balaban J connectivity index is 3.28. The molecule has 0 rings (SSSR count). The van der Waals surface area contributed by atoms with Gasteiger partial charge in [-0.1, -0.05) is 26.7 Å². The van der Waals surface area contributed by atoms with Crippen LogP contribution in [-0.4, -0.2) is 30.3 Å². The lowest BCUT2D eigenvalue weighted by molar-refractivity contribution is 0.277. The van der Waals surface area contributed by atoms with Gasteiger partial charge in [0.2, 0.25) is 0 Å². The Labute approximate surface area is 89.3 Å². The van der Waals surface area contributed by atoms with Crippen molar-refractivity contribution in [2.45, 2.75) is 46.0 Å². The number of unbranched alkanes of at least 4 members (excludes halogenated alkanes) is 3. The second-order valence-corrected chi connectivity index (χ2v) is 4.02. The molecule has 13 heavy (non-hydrogen) atoms. The van der Waals surface area contributed by atoms with Gasteiger partial charge < -0.3 is 4.90 Å². The van der Waals surface area contributed by atoms with Crippen molar-refractivity contribution in [1.29, 1.82) is 0 Å². The minimum atomic E-state index is 1.03. The molecular formula is C11H25NS. The molecule has 0 fully saturated rings. The molecule has 0 aromatic rings. The highest BCUT2D eigenvalue weighted by Crippen LogP contribution is 2.01. The molecule has 0 aliphatic carbocycles. The average molecular weight is 203 g/mol. The van der Waals surface area contributed by atoms with E-state index in [0.29, 0.717) is 0 Å². The van der Waals surface area contributed by atoms with Crippen LogP contribution in [0, 0.1) is 0 Å². The third kappa shape index (κ3) is 8.63. The van der Waals surface area contributed by atoms with Crippen LogP contribution in [0.2, 0.25) is 0 Å². The first-order chi connectivity index (χ1) is 6.35. The Hall–Kier alpha value is 0.310. The van der Waals surface area contributed by atoms with Crippen LogP contribution in [0.15, 0.2) is 0 Å². The van der Waals surface area contributed by atoms with Crippen LogP contribution in [0.1, 0.15) is 46.0 Å². The van der Waals surface area contributed by atoms with Crippen molar-refractivity contribution in [3.05, 3.63) is 0 Å². The van der Waals surface area contributed by atoms with E-state index in [0.717, 1.165) is 5.75 Å². The van der Waals surface area contributed by atoms with E-state index in [1.54, 1.807) is 0 Å². The Morgan fingerprint density at radius 3 is 2.00 bits per heavy atom. The highest BCUT2D eigenvalue weighted by Gasteiger charge is 2.00. The standard InChI is InChI=1S/C11H25NS/c1-3-5-6-9-12(4-2)10-7-8-11-13/h13H,3-11H2,1-2H3. The van der Waals surface area contributed by atoms with Gasteiger partial charge in [0.05, 0.1) is 0 Å². The van der Waals surface area contributed by atoms with Crippen LogP contribution in [0.5, 0.6) is 0 Å². The van der Waals surface area contributed by atoms with Crippen molar-refractivity contribution in [3.63, 3.8) is 0 Å². The molecule has 0 spiro atoms. The van der Waals surface area contributed by atoms with Crippen LogP contribution >= 0.6 is 12.6 Å². The molecule has 0 bridgehead atoms. The molecular weight excluding hydrogens is 178 g/mol. The SMILES string of the molecule is CCCCCN(CC)CCCCS. The molecule has 80 valence electrons. The molecule has 0 aromatic carbocycles. The highest BCUT2D eigenvalue weighted by molar-refractivity contribution is 7.80. The van der Waals surface area contributed by atoms with E-state index in [1.807, 2.05) is 0 Å². The zero-order chi connectivity index (χ0) is 9.94. The Kier molecular flexibility index (Phi) is 10.6. The van der Waals surface area contributed by atoms with Crippen molar-refractivity contribution in [2.24, 2.45) is 0 Å². The van der Waals surface area contributed by atoms with Gasteiger partial charge in [-0.2, -0.15) is 12.6 Å². The van der Waals surface area contributed by atoms with E-state index in [1.165, 1.54) is 51.7 Å². The molecule has 0 N–H and O–H groups in total. The summed E-state index contributed by atoms with van der Waals surface area (Å²) in [4.78, 5) is 2.55. The Morgan fingerprint density at radius 2 is 1.54 bits per heavy atom. The Morgan fingerprint density at radius 1 is 0.923 bits per heavy atom. The third-order valence-corrected chi connectivity index (χ3v) is 2.72. The molecule has 0 unspecified atom stereocenters. The van der Waals surface area contributed by atoms with Gasteiger partial charge in [0.15, 0.2) is 0 Å². The second kappa shape index (κ2) is 10.4. The molecule has 0 aliphatic heterocycles. The van der Waals surface area contributed by atoms with Crippen LogP contribution in [0.3, 0.4) is 0 Å². The molecule has 0 radical (unpaired) electrons. The lowest BCUT2D eigenvalue weighted by atomic mass is 10.2. The van der Waals surface area contributed by atoms with E-state index in [-0.39, 0.29) is 0 Å². The maximum Gasteiger partial charge on any atom is -0.00186 e. The molecule has 0 aromatic heterocycles. The quantitative estimate of drug-likeness (QED) is 0.445. The summed E-state index contributed by atoms with van der Waals surface area (Å²) in [6.07, 6.45) is 6.64. The zero-order valence-electron chi connectivity index (χ0n) is 9.26. The topological polar surface area (TPSA) is 3.24 Å². The molecule has 0 amide bonds. The average Bonchev–Trinajstić information content (AvgIpc) is 2.16. The molecule has 0 aliphatic rings. The summed E-state index contributed by atoms with van der Waals surface area (Å²) in [5, 5.41) is 0. The van der Waals surface area contributed by atoms with Crippen molar-refractivity contribution >= 4 is 12.6 Å². The fraction of sp³-hybridized carbons (Fsp3) is 1.00. The number of rotatable bonds is 9. The van der Waals surface area contributed by atoms with Crippen molar-refractivity contribution in [1.82, 2.24) is 4.90 Å². The lowest BCUT2D eigenvalue weighted by Gasteiger charge is -2.19. The monoisotopic (exact) mass is 203 g/mol. The minimum absolute atomic E-state index is 1.03. The molecule has 0 saturated carbocycles. The summed E-state index contributed by atoms with van der Waals surface area (Å²) in [5.74, 6) is 1.03. The van der Waals surface area contributed by atoms with Crippen LogP contribution in [0.25, 0.3) is 0 Å². The largest absolute Gasteiger partial charge is 0.304 e. The fourth-order valence-corrected chi connectivity index (χ4v) is 1.68.